The van der Waals surface area contributed by atoms with Crippen LogP contribution in [-0.2, 0) is 3.79 Å². The van der Waals surface area contributed by atoms with Crippen LogP contribution in [0.25, 0.3) is 0 Å². The van der Waals surface area contributed by atoms with Gasteiger partial charge in [0.25, 0.3) is 0 Å². The topological polar surface area (TPSA) is 9.23 Å². The van der Waals surface area contributed by atoms with E-state index in [1.807, 2.05) is 13.0 Å². The maximum atomic E-state index is 5.75. The van der Waals surface area contributed by atoms with Crippen LogP contribution in [0.2, 0.25) is 0 Å². The Bertz CT molecular complexity index is 280. The van der Waals surface area contributed by atoms with Crippen molar-refractivity contribution < 1.29 is 4.74 Å². The van der Waals surface area contributed by atoms with Gasteiger partial charge >= 0.3 is 0 Å². The molecule has 4 heteroatoms. The van der Waals surface area contributed by atoms with Gasteiger partial charge in [-0.15, -0.1) is 0 Å². The molecule has 0 aromatic heterocycles. The zero-order valence-electron chi connectivity index (χ0n) is 7.06. The normalized spacial score (nSPS) is 11.4. The molecule has 0 N–H and O–H groups in total. The van der Waals surface area contributed by atoms with Crippen LogP contribution in [-0.4, -0.2) is 6.61 Å². The van der Waals surface area contributed by atoms with E-state index < -0.39 is 3.79 Å². The molecule has 0 fully saturated rings. The van der Waals surface area contributed by atoms with Crippen molar-refractivity contribution in [1.82, 2.24) is 0 Å². The second-order valence-corrected chi connectivity index (χ2v) is 4.71. The van der Waals surface area contributed by atoms with Crippen LogP contribution < -0.4 is 4.74 Å². The molecule has 0 saturated heterocycles. The highest BCUT2D eigenvalue weighted by molar-refractivity contribution is 6.66. The minimum Gasteiger partial charge on any atom is -0.493 e. The fraction of sp³-hybridized carbons (Fsp3) is 0.333. The Morgan fingerprint density at radius 1 is 1.23 bits per heavy atom. The molecule has 0 saturated carbocycles. The molecule has 1 aromatic rings. The number of ether oxygens (including phenoxy) is 1. The van der Waals surface area contributed by atoms with E-state index in [0.29, 0.717) is 17.9 Å². The van der Waals surface area contributed by atoms with Gasteiger partial charge in [0.05, 0.1) is 6.61 Å². The average molecular weight is 240 g/mol. The zero-order valence-corrected chi connectivity index (χ0v) is 9.33. The molecule has 0 unspecified atom stereocenters. The van der Waals surface area contributed by atoms with Crippen molar-refractivity contribution in [3.63, 3.8) is 0 Å². The first-order valence-corrected chi connectivity index (χ1v) is 4.98. The molecule has 0 radical (unpaired) electrons. The van der Waals surface area contributed by atoms with Gasteiger partial charge in [-0.3, -0.25) is 0 Å². The Balaban J connectivity index is 3.05. The molecule has 0 aliphatic rings. The molecule has 13 heavy (non-hydrogen) atoms. The second kappa shape index (κ2) is 4.41. The summed E-state index contributed by atoms with van der Waals surface area (Å²) < 4.78 is 3.89. The third-order valence-corrected chi connectivity index (χ3v) is 2.10. The van der Waals surface area contributed by atoms with Crippen LogP contribution in [0.3, 0.4) is 0 Å². The lowest BCUT2D eigenvalue weighted by Gasteiger charge is -2.15. The maximum absolute atomic E-state index is 5.75. The largest absolute Gasteiger partial charge is 0.493 e. The lowest BCUT2D eigenvalue weighted by atomic mass is 10.2. The number of halogens is 3. The van der Waals surface area contributed by atoms with Crippen molar-refractivity contribution >= 4 is 34.8 Å². The number of hydrogen-bond donors (Lipinski definition) is 0. The SMILES string of the molecule is CCOc1ccccc1C(Cl)(Cl)Cl. The molecule has 1 rings (SSSR count). The van der Waals surface area contributed by atoms with Crippen LogP contribution >= 0.6 is 34.8 Å². The summed E-state index contributed by atoms with van der Waals surface area (Å²) in [5.74, 6) is 0.616. The first-order chi connectivity index (χ1) is 6.05. The summed E-state index contributed by atoms with van der Waals surface area (Å²) in [7, 11) is 0. The number of alkyl halides is 3. The van der Waals surface area contributed by atoms with E-state index in [0.717, 1.165) is 0 Å². The molecule has 1 nitrogen and oxygen atoms in total. The van der Waals surface area contributed by atoms with E-state index in [2.05, 4.69) is 0 Å². The highest BCUT2D eigenvalue weighted by Crippen LogP contribution is 2.42. The van der Waals surface area contributed by atoms with Gasteiger partial charge in [-0.1, -0.05) is 53.0 Å². The molecule has 0 spiro atoms. The van der Waals surface area contributed by atoms with Crippen LogP contribution in [0.4, 0.5) is 0 Å². The number of rotatable bonds is 2. The van der Waals surface area contributed by atoms with E-state index in [9.17, 15) is 0 Å². The van der Waals surface area contributed by atoms with Crippen LogP contribution in [0.1, 0.15) is 12.5 Å². The first kappa shape index (κ1) is 11.0. The van der Waals surface area contributed by atoms with Crippen molar-refractivity contribution in [2.24, 2.45) is 0 Å². The van der Waals surface area contributed by atoms with Crippen LogP contribution in [0, 0.1) is 0 Å². The van der Waals surface area contributed by atoms with Crippen molar-refractivity contribution in [3.8, 4) is 5.75 Å². The standard InChI is InChI=1S/C9H9Cl3O/c1-2-13-8-6-4-3-5-7(8)9(10,11)12/h3-6H,2H2,1H3. The molecular weight excluding hydrogens is 230 g/mol. The fourth-order valence-corrected chi connectivity index (χ4v) is 1.45. The quantitative estimate of drug-likeness (QED) is 0.711. The van der Waals surface area contributed by atoms with E-state index in [1.54, 1.807) is 18.2 Å². The summed E-state index contributed by atoms with van der Waals surface area (Å²) in [6, 6.07) is 7.16. The molecule has 1 aromatic carbocycles. The van der Waals surface area contributed by atoms with Crippen LogP contribution in [0.5, 0.6) is 5.75 Å². The Morgan fingerprint density at radius 2 is 1.85 bits per heavy atom. The smallest absolute Gasteiger partial charge is 0.219 e. The van der Waals surface area contributed by atoms with E-state index in [-0.39, 0.29) is 0 Å². The molecule has 0 atom stereocenters. The maximum Gasteiger partial charge on any atom is 0.219 e. The Labute approximate surface area is 92.5 Å². The van der Waals surface area contributed by atoms with Gasteiger partial charge < -0.3 is 4.74 Å². The lowest BCUT2D eigenvalue weighted by molar-refractivity contribution is 0.337. The number of benzene rings is 1. The minimum atomic E-state index is -1.42. The van der Waals surface area contributed by atoms with E-state index >= 15 is 0 Å². The van der Waals surface area contributed by atoms with Gasteiger partial charge in [-0.05, 0) is 13.0 Å². The second-order valence-electron chi connectivity index (χ2n) is 2.43. The number of para-hydroxylation sites is 1. The fourth-order valence-electron chi connectivity index (χ4n) is 0.982. The minimum absolute atomic E-state index is 0.553. The van der Waals surface area contributed by atoms with E-state index in [1.165, 1.54) is 0 Å². The molecule has 0 amide bonds. The monoisotopic (exact) mass is 238 g/mol. The van der Waals surface area contributed by atoms with Gasteiger partial charge in [-0.2, -0.15) is 0 Å². The highest BCUT2D eigenvalue weighted by Gasteiger charge is 2.26. The number of hydrogen-bond acceptors (Lipinski definition) is 1. The van der Waals surface area contributed by atoms with Crippen molar-refractivity contribution in [2.75, 3.05) is 6.61 Å². The third-order valence-electron chi connectivity index (χ3n) is 1.49. The van der Waals surface area contributed by atoms with Gasteiger partial charge in [0.15, 0.2) is 0 Å². The summed E-state index contributed by atoms with van der Waals surface area (Å²) >= 11 is 17.3. The average Bonchev–Trinajstić information content (AvgIpc) is 2.04. The Kier molecular flexibility index (Phi) is 3.72. The van der Waals surface area contributed by atoms with Gasteiger partial charge in [0.2, 0.25) is 3.79 Å². The lowest BCUT2D eigenvalue weighted by Crippen LogP contribution is -2.04. The third kappa shape index (κ3) is 2.94. The summed E-state index contributed by atoms with van der Waals surface area (Å²) in [6.45, 7) is 2.44. The Hall–Kier alpha value is -0.110. The predicted octanol–water partition coefficient (Wildman–Crippen LogP) is 3.91. The van der Waals surface area contributed by atoms with Crippen LogP contribution in [0.15, 0.2) is 24.3 Å². The summed E-state index contributed by atoms with van der Waals surface area (Å²) in [5.41, 5.74) is 0.571. The molecular formula is C9H9Cl3O. The van der Waals surface area contributed by atoms with Gasteiger partial charge in [0.1, 0.15) is 5.75 Å². The molecule has 72 valence electrons. The van der Waals surface area contributed by atoms with Crippen molar-refractivity contribution in [3.05, 3.63) is 29.8 Å². The summed E-state index contributed by atoms with van der Waals surface area (Å²) in [5, 5.41) is 0. The van der Waals surface area contributed by atoms with Crippen molar-refractivity contribution in [1.29, 1.82) is 0 Å². The first-order valence-electron chi connectivity index (χ1n) is 3.84. The molecule has 0 aliphatic carbocycles. The van der Waals surface area contributed by atoms with Gasteiger partial charge in [0, 0.05) is 5.56 Å². The summed E-state index contributed by atoms with van der Waals surface area (Å²) in [6.07, 6.45) is 0. The highest BCUT2D eigenvalue weighted by atomic mass is 35.6. The molecule has 0 aliphatic heterocycles. The van der Waals surface area contributed by atoms with E-state index in [4.69, 9.17) is 39.5 Å². The van der Waals surface area contributed by atoms with Crippen molar-refractivity contribution in [2.45, 2.75) is 10.7 Å². The predicted molar refractivity (Wildman–Crippen MR) is 56.8 cm³/mol. The van der Waals surface area contributed by atoms with Gasteiger partial charge in [-0.25, -0.2) is 0 Å². The summed E-state index contributed by atoms with van der Waals surface area (Å²) in [4.78, 5) is 0. The molecule has 0 bridgehead atoms. The molecule has 0 heterocycles. The Morgan fingerprint density at radius 3 is 2.38 bits per heavy atom. The zero-order chi connectivity index (χ0) is 9.90.